The van der Waals surface area contributed by atoms with Gasteiger partial charge in [-0.25, -0.2) is 10.4 Å². The van der Waals surface area contributed by atoms with Crippen LogP contribution in [0.4, 0.5) is 19.0 Å². The summed E-state index contributed by atoms with van der Waals surface area (Å²) in [4.78, 5) is 20.7. The van der Waals surface area contributed by atoms with E-state index >= 15 is 0 Å². The fourth-order valence-corrected chi connectivity index (χ4v) is 4.38. The Bertz CT molecular complexity index is 673. The number of piperazine rings is 1. The van der Waals surface area contributed by atoms with Gasteiger partial charge in [-0.15, -0.1) is 0 Å². The molecule has 3 atom stereocenters. The summed E-state index contributed by atoms with van der Waals surface area (Å²) in [5.41, 5.74) is 5.71. The van der Waals surface area contributed by atoms with E-state index in [1.54, 1.807) is 0 Å². The highest BCUT2D eigenvalue weighted by atomic mass is 19.4. The summed E-state index contributed by atoms with van der Waals surface area (Å²) in [5, 5.41) is 0. The SMILES string of the molecule is O=C(C1NNC2CCCCC21)N1CCN(c2ccc(C(F)(F)F)cn2)CC1. The third kappa shape index (κ3) is 3.75. The van der Waals surface area contributed by atoms with Crippen LogP contribution in [-0.4, -0.2) is 54.1 Å². The molecule has 2 N–H and O–H groups in total. The number of nitrogens with one attached hydrogen (secondary N) is 2. The Morgan fingerprint density at radius 1 is 1.07 bits per heavy atom. The summed E-state index contributed by atoms with van der Waals surface area (Å²) in [6.45, 7) is 2.24. The van der Waals surface area contributed by atoms with E-state index in [1.165, 1.54) is 18.9 Å². The number of fused-ring (bicyclic) bond motifs is 1. The summed E-state index contributed by atoms with van der Waals surface area (Å²) in [6.07, 6.45) is 1.03. The van der Waals surface area contributed by atoms with Crippen LogP contribution in [0, 0.1) is 5.92 Å². The van der Waals surface area contributed by atoms with Crippen molar-refractivity contribution in [3.63, 3.8) is 0 Å². The molecule has 2 aliphatic heterocycles. The van der Waals surface area contributed by atoms with Gasteiger partial charge in [0.05, 0.1) is 5.56 Å². The quantitative estimate of drug-likeness (QED) is 0.815. The van der Waals surface area contributed by atoms with E-state index in [2.05, 4.69) is 15.8 Å². The molecule has 0 bridgehead atoms. The number of amides is 1. The van der Waals surface area contributed by atoms with Crippen LogP contribution in [0.3, 0.4) is 0 Å². The van der Waals surface area contributed by atoms with Gasteiger partial charge in [0, 0.05) is 44.3 Å². The molecule has 27 heavy (non-hydrogen) atoms. The summed E-state index contributed by atoms with van der Waals surface area (Å²) >= 11 is 0. The Hall–Kier alpha value is -1.87. The third-order valence-corrected chi connectivity index (χ3v) is 5.93. The normalized spacial score (nSPS) is 28.9. The van der Waals surface area contributed by atoms with Crippen LogP contribution in [0.15, 0.2) is 18.3 Å². The average molecular weight is 383 g/mol. The van der Waals surface area contributed by atoms with Gasteiger partial charge in [0.2, 0.25) is 5.91 Å². The Morgan fingerprint density at radius 2 is 1.81 bits per heavy atom. The zero-order valence-electron chi connectivity index (χ0n) is 15.0. The zero-order valence-corrected chi connectivity index (χ0v) is 15.0. The van der Waals surface area contributed by atoms with Crippen LogP contribution < -0.4 is 15.8 Å². The van der Waals surface area contributed by atoms with Gasteiger partial charge < -0.3 is 9.80 Å². The second-order valence-corrected chi connectivity index (χ2v) is 7.54. The largest absolute Gasteiger partial charge is 0.417 e. The summed E-state index contributed by atoms with van der Waals surface area (Å²) in [7, 11) is 0. The van der Waals surface area contributed by atoms with E-state index in [-0.39, 0.29) is 11.9 Å². The van der Waals surface area contributed by atoms with Gasteiger partial charge in [-0.3, -0.25) is 10.2 Å². The van der Waals surface area contributed by atoms with Crippen molar-refractivity contribution in [2.24, 2.45) is 5.92 Å². The van der Waals surface area contributed by atoms with E-state index in [1.807, 2.05) is 9.80 Å². The second kappa shape index (κ2) is 7.27. The minimum absolute atomic E-state index is 0.122. The molecule has 0 spiro atoms. The molecule has 3 aliphatic rings. The lowest BCUT2D eigenvalue weighted by atomic mass is 9.81. The van der Waals surface area contributed by atoms with E-state index in [0.29, 0.717) is 44.0 Å². The number of hydrazine groups is 1. The molecule has 3 fully saturated rings. The standard InChI is InChI=1S/C18H24F3N5O/c19-18(20,21)12-5-6-15(22-11-12)25-7-9-26(10-8-25)17(27)16-13-3-1-2-4-14(13)23-24-16/h5-6,11,13-14,16,23-24H,1-4,7-10H2. The summed E-state index contributed by atoms with van der Waals surface area (Å²) < 4.78 is 38.0. The lowest BCUT2D eigenvalue weighted by Crippen LogP contribution is -2.55. The number of rotatable bonds is 2. The van der Waals surface area contributed by atoms with Crippen LogP contribution >= 0.6 is 0 Å². The highest BCUT2D eigenvalue weighted by Crippen LogP contribution is 2.31. The van der Waals surface area contributed by atoms with E-state index in [0.717, 1.165) is 25.1 Å². The molecular weight excluding hydrogens is 359 g/mol. The molecule has 3 unspecified atom stereocenters. The molecule has 1 aliphatic carbocycles. The first-order chi connectivity index (χ1) is 12.9. The average Bonchev–Trinajstić information content (AvgIpc) is 3.11. The Morgan fingerprint density at radius 3 is 2.48 bits per heavy atom. The predicted molar refractivity (Wildman–Crippen MR) is 93.8 cm³/mol. The van der Waals surface area contributed by atoms with Crippen molar-refractivity contribution < 1.29 is 18.0 Å². The molecule has 9 heteroatoms. The van der Waals surface area contributed by atoms with Crippen LogP contribution in [0.25, 0.3) is 0 Å². The van der Waals surface area contributed by atoms with Gasteiger partial charge in [0.1, 0.15) is 11.9 Å². The van der Waals surface area contributed by atoms with E-state index < -0.39 is 11.7 Å². The molecule has 4 rings (SSSR count). The van der Waals surface area contributed by atoms with Crippen LogP contribution in [0.2, 0.25) is 0 Å². The van der Waals surface area contributed by atoms with Gasteiger partial charge in [-0.1, -0.05) is 12.8 Å². The number of halogens is 3. The topological polar surface area (TPSA) is 60.5 Å². The first-order valence-electron chi connectivity index (χ1n) is 9.51. The molecule has 0 aromatic carbocycles. The monoisotopic (exact) mass is 383 g/mol. The van der Waals surface area contributed by atoms with Gasteiger partial charge in [-0.05, 0) is 25.0 Å². The molecule has 1 amide bonds. The number of pyridine rings is 1. The number of carbonyl (C=O) groups excluding carboxylic acids is 1. The number of hydrogen-bond donors (Lipinski definition) is 2. The van der Waals surface area contributed by atoms with Gasteiger partial charge in [0.25, 0.3) is 0 Å². The number of hydrogen-bond acceptors (Lipinski definition) is 5. The highest BCUT2D eigenvalue weighted by Gasteiger charge is 2.43. The van der Waals surface area contributed by atoms with E-state index in [9.17, 15) is 18.0 Å². The molecule has 3 heterocycles. The van der Waals surface area contributed by atoms with Crippen LogP contribution in [0.5, 0.6) is 0 Å². The molecule has 1 aromatic rings. The maximum atomic E-state index is 12.9. The Kier molecular flexibility index (Phi) is 4.98. The highest BCUT2D eigenvalue weighted by molar-refractivity contribution is 5.83. The van der Waals surface area contributed by atoms with Gasteiger partial charge in [-0.2, -0.15) is 13.2 Å². The maximum absolute atomic E-state index is 12.9. The molecule has 2 saturated heterocycles. The van der Waals surface area contributed by atoms with Crippen molar-refractivity contribution in [2.45, 2.75) is 43.9 Å². The van der Waals surface area contributed by atoms with Crippen molar-refractivity contribution in [1.82, 2.24) is 20.7 Å². The van der Waals surface area contributed by atoms with E-state index in [4.69, 9.17) is 0 Å². The lowest BCUT2D eigenvalue weighted by Gasteiger charge is -2.37. The van der Waals surface area contributed by atoms with Crippen molar-refractivity contribution in [3.8, 4) is 0 Å². The number of aromatic nitrogens is 1. The molecule has 0 radical (unpaired) electrons. The summed E-state index contributed by atoms with van der Waals surface area (Å²) in [6, 6.07) is 2.66. The second-order valence-electron chi connectivity index (χ2n) is 7.54. The number of alkyl halides is 3. The minimum atomic E-state index is -4.38. The van der Waals surface area contributed by atoms with Crippen LogP contribution in [-0.2, 0) is 11.0 Å². The summed E-state index contributed by atoms with van der Waals surface area (Å²) in [5.74, 6) is 0.987. The number of carbonyl (C=O) groups is 1. The molecule has 1 aromatic heterocycles. The lowest BCUT2D eigenvalue weighted by molar-refractivity contribution is -0.138. The first-order valence-corrected chi connectivity index (χ1v) is 9.51. The van der Waals surface area contributed by atoms with Crippen molar-refractivity contribution in [1.29, 1.82) is 0 Å². The molecular formula is C18H24F3N5O. The minimum Gasteiger partial charge on any atom is -0.353 e. The maximum Gasteiger partial charge on any atom is 0.417 e. The molecule has 6 nitrogen and oxygen atoms in total. The van der Waals surface area contributed by atoms with Gasteiger partial charge >= 0.3 is 6.18 Å². The van der Waals surface area contributed by atoms with Crippen molar-refractivity contribution in [2.75, 3.05) is 31.1 Å². The zero-order chi connectivity index (χ0) is 19.0. The fourth-order valence-electron chi connectivity index (χ4n) is 4.38. The third-order valence-electron chi connectivity index (χ3n) is 5.93. The molecule has 148 valence electrons. The van der Waals surface area contributed by atoms with Crippen LogP contribution in [0.1, 0.15) is 31.2 Å². The first kappa shape index (κ1) is 18.5. The number of nitrogens with zero attached hydrogens (tertiary/aromatic N) is 3. The fraction of sp³-hybridized carbons (Fsp3) is 0.667. The Labute approximate surface area is 156 Å². The Balaban J connectivity index is 1.34. The van der Waals surface area contributed by atoms with Gasteiger partial charge in [0.15, 0.2) is 0 Å². The number of anilines is 1. The van der Waals surface area contributed by atoms with Crippen molar-refractivity contribution in [3.05, 3.63) is 23.9 Å². The predicted octanol–water partition coefficient (Wildman–Crippen LogP) is 1.78. The molecule has 1 saturated carbocycles. The smallest absolute Gasteiger partial charge is 0.353 e. The van der Waals surface area contributed by atoms with Crippen molar-refractivity contribution >= 4 is 11.7 Å².